The van der Waals surface area contributed by atoms with Crippen molar-refractivity contribution in [1.82, 2.24) is 4.98 Å². The van der Waals surface area contributed by atoms with Crippen LogP contribution in [0.25, 0.3) is 16.0 Å². The molecule has 186 valence electrons. The number of aliphatic hydroxyl groups is 1. The zero-order valence-electron chi connectivity index (χ0n) is 19.6. The summed E-state index contributed by atoms with van der Waals surface area (Å²) in [6.45, 7) is 0. The minimum absolute atomic E-state index is 0.201. The highest BCUT2D eigenvalue weighted by atomic mass is 32.1. The van der Waals surface area contributed by atoms with Crippen molar-refractivity contribution in [1.29, 1.82) is 0 Å². The van der Waals surface area contributed by atoms with Crippen molar-refractivity contribution in [3.63, 3.8) is 0 Å². The Morgan fingerprint density at radius 3 is 2.49 bits per heavy atom. The van der Waals surface area contributed by atoms with E-state index in [0.717, 1.165) is 11.3 Å². The van der Waals surface area contributed by atoms with Crippen molar-refractivity contribution >= 4 is 49.8 Å². The molecule has 5 rings (SSSR count). The number of nitro groups is 1. The highest BCUT2D eigenvalue weighted by Gasteiger charge is 2.48. The van der Waals surface area contributed by atoms with Gasteiger partial charge in [-0.15, -0.1) is 0 Å². The first-order valence-electron chi connectivity index (χ1n) is 11.0. The second-order valence-corrected chi connectivity index (χ2v) is 9.09. The summed E-state index contributed by atoms with van der Waals surface area (Å²) in [5.74, 6) is -1.25. The number of hydrogen-bond donors (Lipinski definition) is 1. The molecule has 1 atom stereocenters. The number of hydrogen-bond acceptors (Lipinski definition) is 9. The summed E-state index contributed by atoms with van der Waals surface area (Å²) in [4.78, 5) is 43.4. The maximum atomic E-state index is 13.4. The minimum Gasteiger partial charge on any atom is -0.507 e. The van der Waals surface area contributed by atoms with E-state index >= 15 is 0 Å². The fourth-order valence-corrected chi connectivity index (χ4v) is 5.22. The number of ketones is 1. The molecule has 1 unspecified atom stereocenters. The quantitative estimate of drug-likeness (QED) is 0.126. The first kappa shape index (κ1) is 23.9. The smallest absolute Gasteiger partial charge is 0.301 e. The van der Waals surface area contributed by atoms with Crippen molar-refractivity contribution in [2.75, 3.05) is 19.1 Å². The number of rotatable bonds is 6. The molecule has 0 radical (unpaired) electrons. The maximum Gasteiger partial charge on any atom is 0.301 e. The molecule has 0 bridgehead atoms. The van der Waals surface area contributed by atoms with Crippen molar-refractivity contribution in [2.24, 2.45) is 0 Å². The predicted molar refractivity (Wildman–Crippen MR) is 137 cm³/mol. The van der Waals surface area contributed by atoms with E-state index in [1.807, 2.05) is 0 Å². The van der Waals surface area contributed by atoms with E-state index in [1.54, 1.807) is 42.5 Å². The van der Waals surface area contributed by atoms with Crippen LogP contribution >= 0.6 is 11.3 Å². The molecule has 1 aliphatic heterocycles. The Morgan fingerprint density at radius 1 is 1.03 bits per heavy atom. The Kier molecular flexibility index (Phi) is 6.06. The monoisotopic (exact) mass is 517 g/mol. The fraction of sp³-hybridized carbons (Fsp3) is 0.115. The zero-order valence-corrected chi connectivity index (χ0v) is 20.4. The number of carbonyl (C=O) groups is 2. The van der Waals surface area contributed by atoms with E-state index in [2.05, 4.69) is 4.98 Å². The van der Waals surface area contributed by atoms with Gasteiger partial charge in [-0.25, -0.2) is 4.98 Å². The third kappa shape index (κ3) is 4.15. The lowest BCUT2D eigenvalue weighted by atomic mass is 9.95. The van der Waals surface area contributed by atoms with Crippen LogP contribution in [0, 0.1) is 10.1 Å². The Bertz CT molecular complexity index is 1610. The SMILES string of the molecule is COc1cccc(/C(O)=C2\C(=O)C(=O)N(c3nc4ccc(OC)cc4s3)C2c2cccc([N+](=O)[O-])c2)c1. The molecule has 1 N–H and O–H groups in total. The fourth-order valence-electron chi connectivity index (χ4n) is 4.20. The predicted octanol–water partition coefficient (Wildman–Crippen LogP) is 4.85. The average Bonchev–Trinajstić information content (AvgIpc) is 3.45. The van der Waals surface area contributed by atoms with Gasteiger partial charge in [-0.1, -0.05) is 35.6 Å². The second kappa shape index (κ2) is 9.36. The van der Waals surface area contributed by atoms with Crippen LogP contribution in [0.2, 0.25) is 0 Å². The molecular formula is C26H19N3O7S. The zero-order chi connectivity index (χ0) is 26.3. The van der Waals surface area contributed by atoms with Crippen molar-refractivity contribution in [2.45, 2.75) is 6.04 Å². The first-order valence-corrected chi connectivity index (χ1v) is 11.8. The van der Waals surface area contributed by atoms with Gasteiger partial charge < -0.3 is 14.6 Å². The normalized spacial score (nSPS) is 16.8. The largest absolute Gasteiger partial charge is 0.507 e. The number of thiazole rings is 1. The first-order chi connectivity index (χ1) is 17.8. The molecule has 11 heteroatoms. The van der Waals surface area contributed by atoms with Gasteiger partial charge in [0.1, 0.15) is 17.3 Å². The maximum absolute atomic E-state index is 13.4. The molecule has 1 aromatic heterocycles. The summed E-state index contributed by atoms with van der Waals surface area (Å²) in [7, 11) is 2.99. The lowest BCUT2D eigenvalue weighted by Crippen LogP contribution is -2.29. The third-order valence-electron chi connectivity index (χ3n) is 5.97. The summed E-state index contributed by atoms with van der Waals surface area (Å²) in [6, 6.07) is 16.0. The van der Waals surface area contributed by atoms with E-state index < -0.39 is 28.4 Å². The number of Topliss-reactive ketones (excluding diaryl/α,β-unsaturated/α-hetero) is 1. The number of carbonyl (C=O) groups excluding carboxylic acids is 2. The number of anilines is 1. The molecule has 1 fully saturated rings. The van der Waals surface area contributed by atoms with Crippen LogP contribution in [-0.2, 0) is 9.59 Å². The summed E-state index contributed by atoms with van der Waals surface area (Å²) in [6.07, 6.45) is 0. The lowest BCUT2D eigenvalue weighted by molar-refractivity contribution is -0.384. The van der Waals surface area contributed by atoms with Crippen molar-refractivity contribution < 1.29 is 29.1 Å². The topological polar surface area (TPSA) is 132 Å². The van der Waals surface area contributed by atoms with E-state index in [4.69, 9.17) is 9.47 Å². The Balaban J connectivity index is 1.74. The van der Waals surface area contributed by atoms with Crippen LogP contribution < -0.4 is 14.4 Å². The number of amides is 1. The highest BCUT2D eigenvalue weighted by molar-refractivity contribution is 7.22. The van der Waals surface area contributed by atoms with Gasteiger partial charge in [-0.3, -0.25) is 24.6 Å². The van der Waals surface area contributed by atoms with Crippen LogP contribution in [0.15, 0.2) is 72.3 Å². The van der Waals surface area contributed by atoms with Gasteiger partial charge in [-0.05, 0) is 35.9 Å². The number of nitro benzene ring substituents is 1. The van der Waals surface area contributed by atoms with Crippen LogP contribution in [0.1, 0.15) is 17.2 Å². The molecule has 0 saturated carbocycles. The number of aliphatic hydroxyl groups excluding tert-OH is 1. The number of fused-ring (bicyclic) bond motifs is 1. The molecule has 1 aliphatic rings. The standard InChI is InChI=1S/C26H19N3O7S/c1-35-17-8-4-6-15(12-17)23(30)21-22(14-5-3-7-16(11-14)29(33)34)28(25(32)24(21)31)26-27-19-10-9-18(36-2)13-20(19)37-26/h3-13,22,30H,1-2H3/b23-21+. The number of non-ortho nitro benzene ring substituents is 1. The number of benzene rings is 3. The van der Waals surface area contributed by atoms with Crippen molar-refractivity contribution in [3.8, 4) is 11.5 Å². The van der Waals surface area contributed by atoms with E-state index in [0.29, 0.717) is 21.7 Å². The Labute approximate surface area is 214 Å². The van der Waals surface area contributed by atoms with Gasteiger partial charge >= 0.3 is 5.91 Å². The Morgan fingerprint density at radius 2 is 1.76 bits per heavy atom. The third-order valence-corrected chi connectivity index (χ3v) is 6.99. The molecule has 1 amide bonds. The molecule has 1 saturated heterocycles. The summed E-state index contributed by atoms with van der Waals surface area (Å²) >= 11 is 1.16. The van der Waals surface area contributed by atoms with Crippen LogP contribution in [0.4, 0.5) is 10.8 Å². The van der Waals surface area contributed by atoms with Gasteiger partial charge in [0.25, 0.3) is 11.5 Å². The molecule has 0 aliphatic carbocycles. The number of nitrogens with zero attached hydrogens (tertiary/aromatic N) is 3. The van der Waals surface area contributed by atoms with E-state index in [1.165, 1.54) is 43.4 Å². The van der Waals surface area contributed by atoms with Crippen molar-refractivity contribution in [3.05, 3.63) is 93.5 Å². The Hall–Kier alpha value is -4.77. The number of ether oxygens (including phenoxy) is 2. The molecule has 4 aromatic rings. The van der Waals surface area contributed by atoms with Crippen LogP contribution in [0.3, 0.4) is 0 Å². The molecule has 3 aromatic carbocycles. The highest BCUT2D eigenvalue weighted by Crippen LogP contribution is 2.45. The molecule has 10 nitrogen and oxygen atoms in total. The molecular weight excluding hydrogens is 498 g/mol. The number of methoxy groups -OCH3 is 2. The van der Waals surface area contributed by atoms with Gasteiger partial charge in [0.15, 0.2) is 5.13 Å². The van der Waals surface area contributed by atoms with E-state index in [9.17, 15) is 24.8 Å². The summed E-state index contributed by atoms with van der Waals surface area (Å²) < 4.78 is 11.2. The van der Waals surface area contributed by atoms with Gasteiger partial charge in [0.05, 0.1) is 41.0 Å². The van der Waals surface area contributed by atoms with Gasteiger partial charge in [0.2, 0.25) is 0 Å². The summed E-state index contributed by atoms with van der Waals surface area (Å²) in [5.41, 5.74) is 0.666. The molecule has 2 heterocycles. The second-order valence-electron chi connectivity index (χ2n) is 8.08. The average molecular weight is 518 g/mol. The van der Waals surface area contributed by atoms with Crippen LogP contribution in [-0.4, -0.2) is 40.9 Å². The summed E-state index contributed by atoms with van der Waals surface area (Å²) in [5, 5.41) is 23.0. The molecule has 37 heavy (non-hydrogen) atoms. The molecule has 0 spiro atoms. The van der Waals surface area contributed by atoms with Gasteiger partial charge in [0, 0.05) is 17.7 Å². The minimum atomic E-state index is -1.16. The van der Waals surface area contributed by atoms with Gasteiger partial charge in [-0.2, -0.15) is 0 Å². The number of aromatic nitrogens is 1. The van der Waals surface area contributed by atoms with E-state index in [-0.39, 0.29) is 27.5 Å². The van der Waals surface area contributed by atoms with Crippen LogP contribution in [0.5, 0.6) is 11.5 Å². The lowest BCUT2D eigenvalue weighted by Gasteiger charge is -2.22.